The fourth-order valence-corrected chi connectivity index (χ4v) is 3.57. The van der Waals surface area contributed by atoms with Crippen molar-refractivity contribution in [3.05, 3.63) is 73.8 Å². The summed E-state index contributed by atoms with van der Waals surface area (Å²) in [6.45, 7) is 3.69. The van der Waals surface area contributed by atoms with Crippen molar-refractivity contribution in [3.8, 4) is 0 Å². The van der Waals surface area contributed by atoms with Crippen molar-refractivity contribution in [2.45, 2.75) is 6.42 Å². The molecule has 1 saturated heterocycles. The molecule has 0 spiro atoms. The largest absolute Gasteiger partial charge is 0.336 e. The first-order chi connectivity index (χ1) is 12.9. The van der Waals surface area contributed by atoms with Gasteiger partial charge in [0.1, 0.15) is 0 Å². The maximum atomic E-state index is 12.6. The number of hydrogen-bond acceptors (Lipinski definition) is 4. The summed E-state index contributed by atoms with van der Waals surface area (Å²) in [6, 6.07) is 11.6. The van der Waals surface area contributed by atoms with E-state index in [1.807, 2.05) is 0 Å². The van der Waals surface area contributed by atoms with Crippen molar-refractivity contribution in [1.29, 1.82) is 0 Å². The molecule has 142 valence electrons. The number of halogens is 2. The molecule has 0 radical (unpaired) electrons. The van der Waals surface area contributed by atoms with Gasteiger partial charge in [0, 0.05) is 49.9 Å². The van der Waals surface area contributed by atoms with Gasteiger partial charge in [-0.05, 0) is 30.2 Å². The lowest BCUT2D eigenvalue weighted by Gasteiger charge is -2.35. The molecule has 3 rings (SSSR count). The van der Waals surface area contributed by atoms with E-state index in [9.17, 15) is 14.9 Å². The molecule has 1 aliphatic heterocycles. The summed E-state index contributed by atoms with van der Waals surface area (Å²) in [5, 5.41) is 11.6. The molecule has 0 unspecified atom stereocenters. The first-order valence-electron chi connectivity index (χ1n) is 8.64. The molecule has 0 N–H and O–H groups in total. The molecule has 2 aromatic rings. The van der Waals surface area contributed by atoms with Gasteiger partial charge in [-0.25, -0.2) is 0 Å². The third-order valence-electron chi connectivity index (χ3n) is 4.68. The highest BCUT2D eigenvalue weighted by Gasteiger charge is 2.23. The highest BCUT2D eigenvalue weighted by molar-refractivity contribution is 6.36. The number of carbonyl (C=O) groups excluding carboxylic acids is 1. The summed E-state index contributed by atoms with van der Waals surface area (Å²) in [5.41, 5.74) is 1.64. The van der Waals surface area contributed by atoms with Crippen molar-refractivity contribution < 1.29 is 9.72 Å². The zero-order chi connectivity index (χ0) is 19.4. The number of carbonyl (C=O) groups is 1. The van der Waals surface area contributed by atoms with Crippen molar-refractivity contribution in [2.24, 2.45) is 0 Å². The predicted molar refractivity (Wildman–Crippen MR) is 106 cm³/mol. The van der Waals surface area contributed by atoms with E-state index in [2.05, 4.69) is 4.90 Å². The summed E-state index contributed by atoms with van der Waals surface area (Å²) >= 11 is 12.0. The van der Waals surface area contributed by atoms with E-state index in [1.54, 1.807) is 35.2 Å². The second-order valence-corrected chi connectivity index (χ2v) is 7.28. The van der Waals surface area contributed by atoms with E-state index in [4.69, 9.17) is 23.2 Å². The average molecular weight is 408 g/mol. The Hall–Kier alpha value is -2.15. The Morgan fingerprint density at radius 1 is 1.04 bits per heavy atom. The second-order valence-electron chi connectivity index (χ2n) is 6.43. The molecule has 8 heteroatoms. The summed E-state index contributed by atoms with van der Waals surface area (Å²) in [4.78, 5) is 27.0. The fourth-order valence-electron chi connectivity index (χ4n) is 3.08. The lowest BCUT2D eigenvalue weighted by Crippen LogP contribution is -2.49. The number of amides is 1. The molecular weight excluding hydrogens is 389 g/mol. The number of piperazine rings is 1. The Morgan fingerprint density at radius 3 is 2.30 bits per heavy atom. The van der Waals surface area contributed by atoms with Gasteiger partial charge in [-0.3, -0.25) is 19.8 Å². The lowest BCUT2D eigenvalue weighted by atomic mass is 10.1. The fraction of sp³-hybridized carbons (Fsp3) is 0.316. The molecule has 1 amide bonds. The van der Waals surface area contributed by atoms with Crippen molar-refractivity contribution in [3.63, 3.8) is 0 Å². The van der Waals surface area contributed by atoms with Gasteiger partial charge >= 0.3 is 0 Å². The van der Waals surface area contributed by atoms with Gasteiger partial charge in [0.05, 0.1) is 15.5 Å². The highest BCUT2D eigenvalue weighted by atomic mass is 35.5. The quantitative estimate of drug-likeness (QED) is 0.556. The maximum absolute atomic E-state index is 12.6. The standard InChI is InChI=1S/C19H19Cl2N3O3/c20-15-3-6-17(18(21)13-15)19(25)23-11-9-22(10-12-23)8-7-14-1-4-16(5-2-14)24(26)27/h1-6,13H,7-12H2. The summed E-state index contributed by atoms with van der Waals surface area (Å²) in [5.74, 6) is -0.0771. The monoisotopic (exact) mass is 407 g/mol. The topological polar surface area (TPSA) is 66.7 Å². The highest BCUT2D eigenvalue weighted by Crippen LogP contribution is 2.23. The minimum absolute atomic E-state index is 0.0771. The Labute approximate surface area is 167 Å². The van der Waals surface area contributed by atoms with Gasteiger partial charge < -0.3 is 4.90 Å². The van der Waals surface area contributed by atoms with E-state index in [0.29, 0.717) is 28.7 Å². The van der Waals surface area contributed by atoms with Crippen molar-refractivity contribution in [1.82, 2.24) is 9.80 Å². The van der Waals surface area contributed by atoms with Crippen molar-refractivity contribution >= 4 is 34.8 Å². The van der Waals surface area contributed by atoms with E-state index < -0.39 is 4.92 Å². The predicted octanol–water partition coefficient (Wildman–Crippen LogP) is 3.90. The molecule has 0 aliphatic carbocycles. The minimum atomic E-state index is -0.396. The molecular formula is C19H19Cl2N3O3. The van der Waals surface area contributed by atoms with Gasteiger partial charge in [-0.15, -0.1) is 0 Å². The van der Waals surface area contributed by atoms with E-state index in [0.717, 1.165) is 31.6 Å². The van der Waals surface area contributed by atoms with Crippen LogP contribution in [0.25, 0.3) is 0 Å². The number of nitro groups is 1. The molecule has 1 heterocycles. The molecule has 0 bridgehead atoms. The molecule has 0 aromatic heterocycles. The Bertz CT molecular complexity index is 835. The molecule has 27 heavy (non-hydrogen) atoms. The van der Waals surface area contributed by atoms with Crippen LogP contribution >= 0.6 is 23.2 Å². The molecule has 1 fully saturated rings. The minimum Gasteiger partial charge on any atom is -0.336 e. The molecule has 6 nitrogen and oxygen atoms in total. The van der Waals surface area contributed by atoms with E-state index in [-0.39, 0.29) is 11.6 Å². The van der Waals surface area contributed by atoms with Crippen LogP contribution in [0.4, 0.5) is 5.69 Å². The van der Waals surface area contributed by atoms with Crippen LogP contribution < -0.4 is 0 Å². The Morgan fingerprint density at radius 2 is 1.70 bits per heavy atom. The van der Waals surface area contributed by atoms with Gasteiger partial charge in [-0.1, -0.05) is 35.3 Å². The first kappa shape index (κ1) is 19.6. The molecule has 0 atom stereocenters. The smallest absolute Gasteiger partial charge is 0.269 e. The number of non-ortho nitro benzene ring substituents is 1. The van der Waals surface area contributed by atoms with Crippen LogP contribution in [-0.2, 0) is 6.42 Å². The number of nitro benzene ring substituents is 1. The van der Waals surface area contributed by atoms with Crippen molar-refractivity contribution in [2.75, 3.05) is 32.7 Å². The number of benzene rings is 2. The lowest BCUT2D eigenvalue weighted by molar-refractivity contribution is -0.384. The zero-order valence-electron chi connectivity index (χ0n) is 14.6. The van der Waals surface area contributed by atoms with Gasteiger partial charge in [0.25, 0.3) is 11.6 Å². The van der Waals surface area contributed by atoms with E-state index >= 15 is 0 Å². The summed E-state index contributed by atoms with van der Waals surface area (Å²) < 4.78 is 0. The zero-order valence-corrected chi connectivity index (χ0v) is 16.1. The third kappa shape index (κ3) is 4.97. The molecule has 2 aromatic carbocycles. The third-order valence-corrected chi connectivity index (χ3v) is 5.23. The molecule has 1 aliphatic rings. The van der Waals surface area contributed by atoms with Crippen LogP contribution in [0, 0.1) is 10.1 Å². The second kappa shape index (κ2) is 8.69. The Kier molecular flexibility index (Phi) is 6.31. The maximum Gasteiger partial charge on any atom is 0.269 e. The van der Waals surface area contributed by atoms with Gasteiger partial charge in [0.2, 0.25) is 0 Å². The summed E-state index contributed by atoms with van der Waals surface area (Å²) in [7, 11) is 0. The first-order valence-corrected chi connectivity index (χ1v) is 9.39. The number of nitrogens with zero attached hydrogens (tertiary/aromatic N) is 3. The van der Waals surface area contributed by atoms with E-state index in [1.165, 1.54) is 12.1 Å². The van der Waals surface area contributed by atoms with Gasteiger partial charge in [-0.2, -0.15) is 0 Å². The van der Waals surface area contributed by atoms with Crippen LogP contribution in [0.15, 0.2) is 42.5 Å². The van der Waals surface area contributed by atoms with Crippen LogP contribution in [0.3, 0.4) is 0 Å². The summed E-state index contributed by atoms with van der Waals surface area (Å²) in [6.07, 6.45) is 0.814. The molecule has 0 saturated carbocycles. The normalized spacial score (nSPS) is 15.0. The van der Waals surface area contributed by atoms with Gasteiger partial charge in [0.15, 0.2) is 0 Å². The van der Waals surface area contributed by atoms with Crippen LogP contribution in [0.2, 0.25) is 10.0 Å². The average Bonchev–Trinajstić information content (AvgIpc) is 2.66. The Balaban J connectivity index is 1.50. The van der Waals surface area contributed by atoms with Crippen LogP contribution in [0.5, 0.6) is 0 Å². The van der Waals surface area contributed by atoms with Crippen LogP contribution in [-0.4, -0.2) is 53.4 Å². The number of rotatable bonds is 5. The number of hydrogen-bond donors (Lipinski definition) is 0. The van der Waals surface area contributed by atoms with Crippen LogP contribution in [0.1, 0.15) is 15.9 Å². The SMILES string of the molecule is O=C(c1ccc(Cl)cc1Cl)N1CCN(CCc2ccc([N+](=O)[O-])cc2)CC1.